The lowest BCUT2D eigenvalue weighted by atomic mass is 9.82. The van der Waals surface area contributed by atoms with Gasteiger partial charge in [0.1, 0.15) is 6.67 Å². The summed E-state index contributed by atoms with van der Waals surface area (Å²) in [4.78, 5) is 0. The van der Waals surface area contributed by atoms with Crippen LogP contribution in [-0.4, -0.2) is 5.25 Å². The highest BCUT2D eigenvalue weighted by molar-refractivity contribution is 7.81. The molecule has 82 valence electrons. The molecule has 0 aliphatic heterocycles. The van der Waals surface area contributed by atoms with Gasteiger partial charge in [0.2, 0.25) is 0 Å². The van der Waals surface area contributed by atoms with Crippen LogP contribution >= 0.6 is 12.6 Å². The van der Waals surface area contributed by atoms with Crippen LogP contribution in [0.15, 0.2) is 24.3 Å². The van der Waals surface area contributed by atoms with E-state index >= 15 is 0 Å². The topological polar surface area (TPSA) is 0 Å². The molecule has 1 aromatic carbocycles. The Labute approximate surface area is 96.3 Å². The standard InChI is InChI=1S/C13H17FS/c14-9-10-5-1-2-6-11(10)12-7-3-4-8-13(12)15/h1-2,5-6,12-13,15H,3-4,7-9H2. The van der Waals surface area contributed by atoms with E-state index in [2.05, 4.69) is 18.7 Å². The predicted molar refractivity (Wildman–Crippen MR) is 65.2 cm³/mol. The maximum absolute atomic E-state index is 12.8. The molecule has 0 amide bonds. The van der Waals surface area contributed by atoms with E-state index in [1.165, 1.54) is 18.4 Å². The first-order valence-electron chi connectivity index (χ1n) is 5.64. The van der Waals surface area contributed by atoms with Crippen LogP contribution in [0.1, 0.15) is 42.7 Å². The predicted octanol–water partition coefficient (Wildman–Crippen LogP) is 4.11. The van der Waals surface area contributed by atoms with Crippen LogP contribution in [0.5, 0.6) is 0 Å². The molecule has 1 aliphatic rings. The quantitative estimate of drug-likeness (QED) is 0.718. The van der Waals surface area contributed by atoms with Gasteiger partial charge in [0.05, 0.1) is 0 Å². The number of rotatable bonds is 2. The van der Waals surface area contributed by atoms with Crippen molar-refractivity contribution in [1.29, 1.82) is 0 Å². The summed E-state index contributed by atoms with van der Waals surface area (Å²) in [7, 11) is 0. The van der Waals surface area contributed by atoms with Crippen molar-refractivity contribution in [2.45, 2.75) is 43.5 Å². The molecule has 2 atom stereocenters. The first-order chi connectivity index (χ1) is 7.33. The molecule has 0 nitrogen and oxygen atoms in total. The minimum absolute atomic E-state index is 0.354. The second kappa shape index (κ2) is 5.02. The molecule has 0 heterocycles. The molecular weight excluding hydrogens is 207 g/mol. The summed E-state index contributed by atoms with van der Waals surface area (Å²) >= 11 is 4.63. The minimum atomic E-state index is -0.354. The van der Waals surface area contributed by atoms with E-state index in [1.54, 1.807) is 0 Å². The van der Waals surface area contributed by atoms with Gasteiger partial charge in [-0.3, -0.25) is 0 Å². The molecule has 1 aromatic rings. The lowest BCUT2D eigenvalue weighted by Crippen LogP contribution is -2.18. The van der Waals surface area contributed by atoms with Crippen molar-refractivity contribution in [1.82, 2.24) is 0 Å². The van der Waals surface area contributed by atoms with Gasteiger partial charge in [-0.2, -0.15) is 12.6 Å². The third-order valence-corrected chi connectivity index (χ3v) is 3.95. The Balaban J connectivity index is 2.26. The van der Waals surface area contributed by atoms with Crippen molar-refractivity contribution in [2.24, 2.45) is 0 Å². The third-order valence-electron chi connectivity index (χ3n) is 3.33. The number of alkyl halides is 1. The Bertz CT molecular complexity index is 324. The maximum atomic E-state index is 12.8. The third kappa shape index (κ3) is 2.36. The van der Waals surface area contributed by atoms with Gasteiger partial charge in [-0.1, -0.05) is 37.1 Å². The summed E-state index contributed by atoms with van der Waals surface area (Å²) in [5.41, 5.74) is 2.03. The highest BCUT2D eigenvalue weighted by Crippen LogP contribution is 2.37. The van der Waals surface area contributed by atoms with E-state index in [0.29, 0.717) is 11.2 Å². The molecule has 2 rings (SSSR count). The molecule has 1 fully saturated rings. The minimum Gasteiger partial charge on any atom is -0.246 e. The number of hydrogen-bond acceptors (Lipinski definition) is 1. The molecule has 15 heavy (non-hydrogen) atoms. The van der Waals surface area contributed by atoms with E-state index in [1.807, 2.05) is 18.2 Å². The fraction of sp³-hybridized carbons (Fsp3) is 0.538. The average Bonchev–Trinajstić information content (AvgIpc) is 2.30. The summed E-state index contributed by atoms with van der Waals surface area (Å²) in [5, 5.41) is 0.409. The van der Waals surface area contributed by atoms with Gasteiger partial charge in [0.15, 0.2) is 0 Å². The molecule has 0 spiro atoms. The number of benzene rings is 1. The van der Waals surface area contributed by atoms with Crippen LogP contribution < -0.4 is 0 Å². The fourth-order valence-electron chi connectivity index (χ4n) is 2.49. The van der Waals surface area contributed by atoms with Crippen LogP contribution in [0, 0.1) is 0 Å². The fourth-order valence-corrected chi connectivity index (χ4v) is 2.98. The Morgan fingerprint density at radius 3 is 2.67 bits per heavy atom. The highest BCUT2D eigenvalue weighted by atomic mass is 32.1. The van der Waals surface area contributed by atoms with Crippen LogP contribution in [0.4, 0.5) is 4.39 Å². The monoisotopic (exact) mass is 224 g/mol. The van der Waals surface area contributed by atoms with Crippen LogP contribution in [0.25, 0.3) is 0 Å². The smallest absolute Gasteiger partial charge is 0.115 e. The van der Waals surface area contributed by atoms with Gasteiger partial charge in [-0.25, -0.2) is 4.39 Å². The zero-order valence-corrected chi connectivity index (χ0v) is 9.72. The van der Waals surface area contributed by atoms with Crippen LogP contribution in [-0.2, 0) is 6.67 Å². The summed E-state index contributed by atoms with van der Waals surface area (Å²) in [6.45, 7) is -0.354. The molecule has 0 N–H and O–H groups in total. The Kier molecular flexibility index (Phi) is 3.68. The molecule has 2 heteroatoms. The van der Waals surface area contributed by atoms with Gasteiger partial charge in [-0.05, 0) is 29.9 Å². The van der Waals surface area contributed by atoms with Crippen LogP contribution in [0.3, 0.4) is 0 Å². The van der Waals surface area contributed by atoms with Crippen molar-refractivity contribution in [3.63, 3.8) is 0 Å². The molecule has 0 bridgehead atoms. The molecule has 2 unspecified atom stereocenters. The SMILES string of the molecule is FCc1ccccc1C1CCCCC1S. The summed E-state index contributed by atoms with van der Waals surface area (Å²) < 4.78 is 12.8. The molecule has 0 saturated heterocycles. The summed E-state index contributed by atoms with van der Waals surface area (Å²) in [6.07, 6.45) is 4.84. The highest BCUT2D eigenvalue weighted by Gasteiger charge is 2.25. The van der Waals surface area contributed by atoms with Gasteiger partial charge in [0.25, 0.3) is 0 Å². The van der Waals surface area contributed by atoms with Crippen LogP contribution in [0.2, 0.25) is 0 Å². The molecule has 1 saturated carbocycles. The average molecular weight is 224 g/mol. The lowest BCUT2D eigenvalue weighted by molar-refractivity contribution is 0.440. The van der Waals surface area contributed by atoms with Gasteiger partial charge in [0, 0.05) is 5.25 Å². The molecular formula is C13H17FS. The van der Waals surface area contributed by atoms with Gasteiger partial charge >= 0.3 is 0 Å². The second-order valence-electron chi connectivity index (χ2n) is 4.29. The normalized spacial score (nSPS) is 26.5. The van der Waals surface area contributed by atoms with Crippen molar-refractivity contribution >= 4 is 12.6 Å². The van der Waals surface area contributed by atoms with E-state index in [0.717, 1.165) is 18.4 Å². The Hall–Kier alpha value is -0.500. The summed E-state index contributed by atoms with van der Waals surface area (Å²) in [5.74, 6) is 0.453. The molecule has 0 aromatic heterocycles. The first kappa shape index (κ1) is 11.0. The molecule has 0 radical (unpaired) electrons. The van der Waals surface area contributed by atoms with Crippen molar-refractivity contribution in [3.8, 4) is 0 Å². The molecule has 1 aliphatic carbocycles. The maximum Gasteiger partial charge on any atom is 0.115 e. The van der Waals surface area contributed by atoms with E-state index in [4.69, 9.17) is 0 Å². The zero-order chi connectivity index (χ0) is 10.7. The van der Waals surface area contributed by atoms with Crippen molar-refractivity contribution in [3.05, 3.63) is 35.4 Å². The van der Waals surface area contributed by atoms with Crippen molar-refractivity contribution < 1.29 is 4.39 Å². The van der Waals surface area contributed by atoms with E-state index < -0.39 is 0 Å². The van der Waals surface area contributed by atoms with E-state index in [-0.39, 0.29) is 6.67 Å². The van der Waals surface area contributed by atoms with Crippen molar-refractivity contribution in [2.75, 3.05) is 0 Å². The van der Waals surface area contributed by atoms with Gasteiger partial charge < -0.3 is 0 Å². The second-order valence-corrected chi connectivity index (χ2v) is 4.95. The zero-order valence-electron chi connectivity index (χ0n) is 8.82. The van der Waals surface area contributed by atoms with E-state index in [9.17, 15) is 4.39 Å². The number of hydrogen-bond donors (Lipinski definition) is 1. The Morgan fingerprint density at radius 1 is 1.20 bits per heavy atom. The first-order valence-corrected chi connectivity index (χ1v) is 6.16. The number of thiol groups is 1. The number of halogens is 1. The summed E-state index contributed by atoms with van der Waals surface area (Å²) in [6, 6.07) is 7.87. The van der Waals surface area contributed by atoms with Gasteiger partial charge in [-0.15, -0.1) is 0 Å². The lowest BCUT2D eigenvalue weighted by Gasteiger charge is -2.29. The Morgan fingerprint density at radius 2 is 1.93 bits per heavy atom. The largest absolute Gasteiger partial charge is 0.246 e.